The molecule has 38 heavy (non-hydrogen) atoms. The molecular weight excluding hydrogens is 490 g/mol. The van der Waals surface area contributed by atoms with Crippen LogP contribution in [0.15, 0.2) is 42.5 Å². The van der Waals surface area contributed by atoms with E-state index in [0.29, 0.717) is 55.2 Å². The van der Waals surface area contributed by atoms with Gasteiger partial charge in [-0.3, -0.25) is 19.7 Å². The van der Waals surface area contributed by atoms with Crippen LogP contribution in [0, 0.1) is 0 Å². The highest BCUT2D eigenvalue weighted by atomic mass is 16.5. The van der Waals surface area contributed by atoms with Crippen LogP contribution in [-0.2, 0) is 20.7 Å². The summed E-state index contributed by atoms with van der Waals surface area (Å²) < 4.78 is 21.3. The number of carbonyl (C=O) groups excluding carboxylic acids is 3. The first-order valence-electron chi connectivity index (χ1n) is 12.7. The molecule has 1 atom stereocenters. The van der Waals surface area contributed by atoms with Crippen molar-refractivity contribution in [3.8, 4) is 17.2 Å². The van der Waals surface area contributed by atoms with Gasteiger partial charge in [-0.1, -0.05) is 30.3 Å². The molecule has 1 spiro atoms. The summed E-state index contributed by atoms with van der Waals surface area (Å²) in [4.78, 5) is 42.7. The van der Waals surface area contributed by atoms with E-state index in [9.17, 15) is 14.4 Å². The van der Waals surface area contributed by atoms with E-state index < -0.39 is 17.7 Å². The number of benzene rings is 2. The van der Waals surface area contributed by atoms with Gasteiger partial charge in [0.15, 0.2) is 11.5 Å². The maximum atomic E-state index is 13.5. The minimum absolute atomic E-state index is 0.133. The first-order chi connectivity index (χ1) is 18.4. The van der Waals surface area contributed by atoms with Crippen molar-refractivity contribution in [3.63, 3.8) is 0 Å². The Kier molecular flexibility index (Phi) is 8.41. The van der Waals surface area contributed by atoms with Crippen molar-refractivity contribution in [1.29, 1.82) is 0 Å². The number of nitrogens with zero attached hydrogens (tertiary/aromatic N) is 2. The third-order valence-corrected chi connectivity index (χ3v) is 7.19. The molecule has 2 aromatic carbocycles. The average Bonchev–Trinajstić information content (AvgIpc) is 3.17. The highest BCUT2D eigenvalue weighted by molar-refractivity contribution is 5.96. The minimum Gasteiger partial charge on any atom is -0.493 e. The Hall–Kier alpha value is -3.79. The fraction of sp³-hybridized carbons (Fsp3) is 0.464. The number of nitrogens with one attached hydrogen (secondary N) is 1. The zero-order chi connectivity index (χ0) is 27.3. The van der Waals surface area contributed by atoms with Crippen LogP contribution in [0.5, 0.6) is 17.2 Å². The van der Waals surface area contributed by atoms with Gasteiger partial charge in [0, 0.05) is 31.5 Å². The number of hydrogen-bond acceptors (Lipinski definition) is 8. The summed E-state index contributed by atoms with van der Waals surface area (Å²) in [5, 5.41) is 3.53. The molecule has 4 rings (SSSR count). The van der Waals surface area contributed by atoms with Crippen LogP contribution in [0.4, 0.5) is 0 Å². The molecule has 0 saturated carbocycles. The molecule has 2 aliphatic rings. The smallest absolute Gasteiger partial charge is 0.325 e. The summed E-state index contributed by atoms with van der Waals surface area (Å²) in [6.07, 6.45) is 1.45. The number of rotatable bonds is 9. The van der Waals surface area contributed by atoms with Gasteiger partial charge < -0.3 is 28.7 Å². The summed E-state index contributed by atoms with van der Waals surface area (Å²) in [6, 6.07) is 12.6. The van der Waals surface area contributed by atoms with E-state index in [0.717, 1.165) is 5.56 Å². The number of hydrogen-bond donors (Lipinski definition) is 1. The van der Waals surface area contributed by atoms with E-state index in [4.69, 9.17) is 18.9 Å². The van der Waals surface area contributed by atoms with Crippen LogP contribution in [0.2, 0.25) is 0 Å². The highest BCUT2D eigenvalue weighted by Crippen LogP contribution is 2.39. The molecule has 1 N–H and O–H groups in total. The van der Waals surface area contributed by atoms with Gasteiger partial charge >= 0.3 is 5.97 Å². The Morgan fingerprint density at radius 2 is 1.63 bits per heavy atom. The molecule has 2 aliphatic heterocycles. The second kappa shape index (κ2) is 11.7. The van der Waals surface area contributed by atoms with Gasteiger partial charge in [0.1, 0.15) is 6.54 Å². The van der Waals surface area contributed by atoms with E-state index >= 15 is 0 Å². The Balaban J connectivity index is 1.53. The van der Waals surface area contributed by atoms with Gasteiger partial charge in [-0.05, 0) is 31.0 Å². The summed E-state index contributed by atoms with van der Waals surface area (Å²) in [6.45, 7) is 2.64. The number of likely N-dealkylation sites (tertiary alicyclic amines) is 1. The van der Waals surface area contributed by atoms with Crippen molar-refractivity contribution in [1.82, 2.24) is 15.1 Å². The summed E-state index contributed by atoms with van der Waals surface area (Å²) in [5.74, 6) is 0.454. The Bertz CT molecular complexity index is 1140. The number of ether oxygens (including phenoxy) is 4. The van der Waals surface area contributed by atoms with Gasteiger partial charge in [0.2, 0.25) is 11.7 Å². The normalized spacial score (nSPS) is 18.4. The van der Waals surface area contributed by atoms with E-state index in [1.807, 2.05) is 30.3 Å². The van der Waals surface area contributed by atoms with E-state index in [1.165, 1.54) is 21.3 Å². The Morgan fingerprint density at radius 3 is 2.18 bits per heavy atom. The van der Waals surface area contributed by atoms with E-state index in [-0.39, 0.29) is 25.0 Å². The lowest BCUT2D eigenvalue weighted by Crippen LogP contribution is -2.60. The Labute approximate surface area is 222 Å². The second-order valence-corrected chi connectivity index (χ2v) is 9.35. The monoisotopic (exact) mass is 525 g/mol. The maximum absolute atomic E-state index is 13.5. The third kappa shape index (κ3) is 5.40. The molecule has 10 nitrogen and oxygen atoms in total. The quantitative estimate of drug-likeness (QED) is 0.497. The van der Waals surface area contributed by atoms with Gasteiger partial charge in [0.05, 0.1) is 39.6 Å². The van der Waals surface area contributed by atoms with Crippen LogP contribution in [-0.4, -0.2) is 86.9 Å². The standard InChI is InChI=1S/C28H35N3O7/c1-5-38-24(32)18-31-27(34)21(15-19-9-7-6-8-10-19)29-28(31)11-13-30(14-12-28)26(33)20-16-22(35-2)25(37-4)23(17-20)36-3/h6-10,16-17,21,29H,5,11-15,18H2,1-4H3. The van der Waals surface area contributed by atoms with Crippen molar-refractivity contribution in [2.75, 3.05) is 47.6 Å². The molecule has 0 bridgehead atoms. The SMILES string of the molecule is CCOC(=O)CN1C(=O)C(Cc2ccccc2)NC12CCN(C(=O)c1cc(OC)c(OC)c(OC)c1)CC2. The molecule has 0 radical (unpaired) electrons. The molecule has 2 amide bonds. The van der Waals surface area contributed by atoms with Crippen LogP contribution in [0.1, 0.15) is 35.7 Å². The molecule has 2 saturated heterocycles. The molecule has 1 unspecified atom stereocenters. The van der Waals surface area contributed by atoms with Gasteiger partial charge in [0.25, 0.3) is 5.91 Å². The van der Waals surface area contributed by atoms with Gasteiger partial charge in [-0.25, -0.2) is 0 Å². The van der Waals surface area contributed by atoms with Crippen LogP contribution >= 0.6 is 0 Å². The minimum atomic E-state index is -0.741. The lowest BCUT2D eigenvalue weighted by molar-refractivity contribution is -0.151. The Morgan fingerprint density at radius 1 is 1.00 bits per heavy atom. The molecule has 2 heterocycles. The van der Waals surface area contributed by atoms with Crippen molar-refractivity contribution < 1.29 is 33.3 Å². The maximum Gasteiger partial charge on any atom is 0.325 e. The van der Waals surface area contributed by atoms with Crippen LogP contribution in [0.3, 0.4) is 0 Å². The van der Waals surface area contributed by atoms with Crippen molar-refractivity contribution in [2.24, 2.45) is 0 Å². The summed E-state index contributed by atoms with van der Waals surface area (Å²) >= 11 is 0. The summed E-state index contributed by atoms with van der Waals surface area (Å²) in [7, 11) is 4.51. The zero-order valence-corrected chi connectivity index (χ0v) is 22.3. The molecule has 204 valence electrons. The molecule has 10 heteroatoms. The van der Waals surface area contributed by atoms with Gasteiger partial charge in [-0.2, -0.15) is 0 Å². The molecular formula is C28H35N3O7. The van der Waals surface area contributed by atoms with Gasteiger partial charge in [-0.15, -0.1) is 0 Å². The van der Waals surface area contributed by atoms with Crippen molar-refractivity contribution in [2.45, 2.75) is 37.9 Å². The largest absolute Gasteiger partial charge is 0.493 e. The lowest BCUT2D eigenvalue weighted by Gasteiger charge is -2.44. The fourth-order valence-corrected chi connectivity index (χ4v) is 5.30. The molecule has 2 fully saturated rings. The number of carbonyl (C=O) groups is 3. The molecule has 0 aromatic heterocycles. The molecule has 0 aliphatic carbocycles. The summed E-state index contributed by atoms with van der Waals surface area (Å²) in [5.41, 5.74) is 0.702. The number of amides is 2. The van der Waals surface area contributed by atoms with Crippen LogP contribution in [0.25, 0.3) is 0 Å². The van der Waals surface area contributed by atoms with Crippen molar-refractivity contribution >= 4 is 17.8 Å². The number of piperidine rings is 1. The predicted octanol–water partition coefficient (Wildman–Crippen LogP) is 2.25. The number of methoxy groups -OCH3 is 3. The zero-order valence-electron chi connectivity index (χ0n) is 22.3. The first kappa shape index (κ1) is 27.3. The highest BCUT2D eigenvalue weighted by Gasteiger charge is 2.52. The first-order valence-corrected chi connectivity index (χ1v) is 12.7. The molecule has 2 aromatic rings. The average molecular weight is 526 g/mol. The predicted molar refractivity (Wildman–Crippen MR) is 139 cm³/mol. The number of esters is 1. The van der Waals surface area contributed by atoms with E-state index in [2.05, 4.69) is 5.32 Å². The topological polar surface area (TPSA) is 107 Å². The van der Waals surface area contributed by atoms with E-state index in [1.54, 1.807) is 28.9 Å². The van der Waals surface area contributed by atoms with Crippen molar-refractivity contribution in [3.05, 3.63) is 53.6 Å². The van der Waals surface area contributed by atoms with Crippen LogP contribution < -0.4 is 19.5 Å². The second-order valence-electron chi connectivity index (χ2n) is 9.35. The third-order valence-electron chi connectivity index (χ3n) is 7.19. The fourth-order valence-electron chi connectivity index (χ4n) is 5.30. The lowest BCUT2D eigenvalue weighted by atomic mass is 9.95.